The molecule has 1 aromatic heterocycles. The molecule has 2 unspecified atom stereocenters. The number of benzene rings is 1. The highest BCUT2D eigenvalue weighted by Crippen LogP contribution is 2.25. The van der Waals surface area contributed by atoms with Gasteiger partial charge in [-0.25, -0.2) is 0 Å². The lowest BCUT2D eigenvalue weighted by Gasteiger charge is -2.25. The van der Waals surface area contributed by atoms with E-state index >= 15 is 0 Å². The molecule has 2 aromatic rings. The van der Waals surface area contributed by atoms with Crippen LogP contribution in [0.2, 0.25) is 0 Å². The van der Waals surface area contributed by atoms with Crippen LogP contribution < -0.4 is 5.32 Å². The van der Waals surface area contributed by atoms with Crippen LogP contribution in [0.3, 0.4) is 0 Å². The van der Waals surface area contributed by atoms with Gasteiger partial charge in [-0.2, -0.15) is 0 Å². The van der Waals surface area contributed by atoms with Gasteiger partial charge in [-0.1, -0.05) is 42.5 Å². The maximum absolute atomic E-state index is 5.61. The van der Waals surface area contributed by atoms with Crippen LogP contribution in [0, 0.1) is 0 Å². The maximum atomic E-state index is 5.61. The van der Waals surface area contributed by atoms with Gasteiger partial charge in [0.2, 0.25) is 0 Å². The normalized spacial score (nSPS) is 20.3. The Bertz CT molecular complexity index is 515. The average molecular weight is 253 g/mol. The van der Waals surface area contributed by atoms with E-state index in [0.29, 0.717) is 6.04 Å². The number of hydrogen-bond acceptors (Lipinski definition) is 2. The van der Waals surface area contributed by atoms with Gasteiger partial charge in [0.05, 0.1) is 12.3 Å². The fraction of sp³-hybridized carbons (Fsp3) is 0.294. The van der Waals surface area contributed by atoms with E-state index < -0.39 is 0 Å². The van der Waals surface area contributed by atoms with Crippen LogP contribution >= 0.6 is 0 Å². The number of nitrogens with one attached hydrogen (secondary N) is 1. The first kappa shape index (κ1) is 12.2. The second kappa shape index (κ2) is 5.89. The molecule has 1 aliphatic rings. The van der Waals surface area contributed by atoms with Gasteiger partial charge in [0.1, 0.15) is 5.76 Å². The van der Waals surface area contributed by atoms with Crippen molar-refractivity contribution >= 4 is 0 Å². The zero-order chi connectivity index (χ0) is 12.9. The van der Waals surface area contributed by atoms with Gasteiger partial charge in [0.15, 0.2) is 0 Å². The Hall–Kier alpha value is -1.80. The summed E-state index contributed by atoms with van der Waals surface area (Å²) in [5.41, 5.74) is 1.26. The van der Waals surface area contributed by atoms with Crippen LogP contribution in [0.25, 0.3) is 0 Å². The highest BCUT2D eigenvalue weighted by Gasteiger charge is 2.20. The summed E-state index contributed by atoms with van der Waals surface area (Å²) in [5.74, 6) is 0.987. The molecule has 2 nitrogen and oxygen atoms in total. The molecule has 0 radical (unpaired) electrons. The molecule has 19 heavy (non-hydrogen) atoms. The molecule has 1 heterocycles. The number of allylic oxidation sites excluding steroid dienone is 1. The van der Waals surface area contributed by atoms with E-state index in [-0.39, 0.29) is 6.04 Å². The van der Waals surface area contributed by atoms with E-state index in [2.05, 4.69) is 41.7 Å². The number of rotatable bonds is 4. The second-order valence-electron chi connectivity index (χ2n) is 5.01. The van der Waals surface area contributed by atoms with Crippen LogP contribution in [0.4, 0.5) is 0 Å². The zero-order valence-corrected chi connectivity index (χ0v) is 11.0. The van der Waals surface area contributed by atoms with Crippen molar-refractivity contribution in [3.05, 3.63) is 72.2 Å². The quantitative estimate of drug-likeness (QED) is 0.831. The van der Waals surface area contributed by atoms with Crippen molar-refractivity contribution in [3.63, 3.8) is 0 Å². The van der Waals surface area contributed by atoms with Crippen LogP contribution in [0.1, 0.15) is 36.6 Å². The minimum Gasteiger partial charge on any atom is -0.467 e. The van der Waals surface area contributed by atoms with E-state index in [0.717, 1.165) is 18.6 Å². The topological polar surface area (TPSA) is 25.2 Å². The van der Waals surface area contributed by atoms with Gasteiger partial charge in [-0.15, -0.1) is 0 Å². The minimum atomic E-state index is 0.146. The largest absolute Gasteiger partial charge is 0.467 e. The molecule has 1 aliphatic carbocycles. The average Bonchev–Trinajstić information content (AvgIpc) is 3.01. The van der Waals surface area contributed by atoms with Crippen LogP contribution in [-0.2, 0) is 0 Å². The van der Waals surface area contributed by atoms with Gasteiger partial charge in [0.25, 0.3) is 0 Å². The van der Waals surface area contributed by atoms with E-state index in [4.69, 9.17) is 4.42 Å². The van der Waals surface area contributed by atoms with Crippen molar-refractivity contribution in [3.8, 4) is 0 Å². The molecule has 0 saturated carbocycles. The minimum absolute atomic E-state index is 0.146. The predicted octanol–water partition coefficient (Wildman–Crippen LogP) is 4.07. The van der Waals surface area contributed by atoms with Crippen molar-refractivity contribution in [1.29, 1.82) is 0 Å². The molecule has 2 atom stereocenters. The molecule has 0 aliphatic heterocycles. The maximum Gasteiger partial charge on any atom is 0.125 e. The molecular formula is C17H19NO. The fourth-order valence-electron chi connectivity index (χ4n) is 2.62. The van der Waals surface area contributed by atoms with Crippen LogP contribution in [0.15, 0.2) is 65.3 Å². The molecule has 98 valence electrons. The Morgan fingerprint density at radius 3 is 2.63 bits per heavy atom. The zero-order valence-electron chi connectivity index (χ0n) is 11.0. The number of hydrogen-bond donors (Lipinski definition) is 1. The Labute approximate surface area is 114 Å². The summed E-state index contributed by atoms with van der Waals surface area (Å²) < 4.78 is 5.61. The van der Waals surface area contributed by atoms with Gasteiger partial charge in [-0.05, 0) is 37.0 Å². The third-order valence-corrected chi connectivity index (χ3v) is 3.63. The lowest BCUT2D eigenvalue weighted by molar-refractivity contribution is 0.387. The number of furan rings is 1. The summed E-state index contributed by atoms with van der Waals surface area (Å²) in [7, 11) is 0. The Balaban J connectivity index is 1.83. The van der Waals surface area contributed by atoms with E-state index in [1.54, 1.807) is 6.26 Å². The van der Waals surface area contributed by atoms with Crippen LogP contribution in [0.5, 0.6) is 0 Å². The summed E-state index contributed by atoms with van der Waals surface area (Å²) >= 11 is 0. The molecular weight excluding hydrogens is 234 g/mol. The predicted molar refractivity (Wildman–Crippen MR) is 76.9 cm³/mol. The van der Waals surface area contributed by atoms with Crippen molar-refractivity contribution in [2.75, 3.05) is 0 Å². The van der Waals surface area contributed by atoms with Crippen LogP contribution in [-0.4, -0.2) is 6.04 Å². The Morgan fingerprint density at radius 2 is 1.95 bits per heavy atom. The molecule has 2 heteroatoms. The van der Waals surface area contributed by atoms with Gasteiger partial charge in [-0.3, -0.25) is 0 Å². The molecule has 0 spiro atoms. The molecule has 0 bridgehead atoms. The molecule has 0 fully saturated rings. The molecule has 1 N–H and O–H groups in total. The molecule has 0 saturated heterocycles. The summed E-state index contributed by atoms with van der Waals surface area (Å²) in [6.45, 7) is 0. The third kappa shape index (κ3) is 2.96. The lowest BCUT2D eigenvalue weighted by atomic mass is 9.98. The monoisotopic (exact) mass is 253 g/mol. The lowest BCUT2D eigenvalue weighted by Crippen LogP contribution is -2.33. The summed E-state index contributed by atoms with van der Waals surface area (Å²) in [4.78, 5) is 0. The Morgan fingerprint density at radius 1 is 1.05 bits per heavy atom. The summed E-state index contributed by atoms with van der Waals surface area (Å²) in [6.07, 6.45) is 9.74. The van der Waals surface area contributed by atoms with Crippen molar-refractivity contribution in [1.82, 2.24) is 5.32 Å². The van der Waals surface area contributed by atoms with Crippen molar-refractivity contribution in [2.24, 2.45) is 0 Å². The van der Waals surface area contributed by atoms with E-state index in [1.165, 1.54) is 12.0 Å². The Kier molecular flexibility index (Phi) is 3.80. The first-order valence-corrected chi connectivity index (χ1v) is 6.93. The van der Waals surface area contributed by atoms with Gasteiger partial charge >= 0.3 is 0 Å². The smallest absolute Gasteiger partial charge is 0.125 e. The van der Waals surface area contributed by atoms with E-state index in [1.807, 2.05) is 18.2 Å². The third-order valence-electron chi connectivity index (χ3n) is 3.63. The first-order chi connectivity index (χ1) is 9.43. The SMILES string of the molecule is C1=CCC(NC(c2ccccc2)c2ccco2)CC1. The van der Waals surface area contributed by atoms with Gasteiger partial charge in [0, 0.05) is 6.04 Å². The highest BCUT2D eigenvalue weighted by atomic mass is 16.3. The molecule has 3 rings (SSSR count). The first-order valence-electron chi connectivity index (χ1n) is 6.93. The highest BCUT2D eigenvalue weighted by molar-refractivity contribution is 5.26. The van der Waals surface area contributed by atoms with Gasteiger partial charge < -0.3 is 9.73 Å². The summed E-state index contributed by atoms with van der Waals surface area (Å²) in [6, 6.07) is 15.2. The van der Waals surface area contributed by atoms with E-state index in [9.17, 15) is 0 Å². The molecule has 1 aromatic carbocycles. The second-order valence-corrected chi connectivity index (χ2v) is 5.01. The van der Waals surface area contributed by atoms with Crippen molar-refractivity contribution < 1.29 is 4.42 Å². The fourth-order valence-corrected chi connectivity index (χ4v) is 2.62. The summed E-state index contributed by atoms with van der Waals surface area (Å²) in [5, 5.41) is 3.73. The van der Waals surface area contributed by atoms with Crippen molar-refractivity contribution in [2.45, 2.75) is 31.3 Å². The molecule has 0 amide bonds. The standard InChI is InChI=1S/C17H19NO/c1-3-8-14(9-4-1)17(16-12-7-13-19-16)18-15-10-5-2-6-11-15/h1-5,7-9,12-13,15,17-18H,6,10-11H2.